The van der Waals surface area contributed by atoms with Gasteiger partial charge >= 0.3 is 0 Å². The first-order chi connectivity index (χ1) is 24.3. The van der Waals surface area contributed by atoms with Crippen molar-refractivity contribution in [1.82, 2.24) is 4.57 Å². The maximum Gasteiger partial charge on any atom is 0.0640 e. The molecule has 10 aromatic rings. The van der Waals surface area contributed by atoms with Crippen LogP contribution in [0.2, 0.25) is 0 Å². The van der Waals surface area contributed by atoms with Crippen LogP contribution in [0.25, 0.3) is 69.6 Å². The van der Waals surface area contributed by atoms with Gasteiger partial charge in [0.15, 0.2) is 0 Å². The predicted octanol–water partition coefficient (Wildman–Crippen LogP) is 13.4. The molecule has 49 heavy (non-hydrogen) atoms. The van der Waals surface area contributed by atoms with E-state index in [4.69, 9.17) is 0 Å². The van der Waals surface area contributed by atoms with E-state index in [9.17, 15) is 0 Å². The zero-order chi connectivity index (χ0) is 32.3. The zero-order valence-electron chi connectivity index (χ0n) is 26.6. The molecule has 0 amide bonds. The Morgan fingerprint density at radius 3 is 1.82 bits per heavy atom. The molecule has 8 aromatic carbocycles. The van der Waals surface area contributed by atoms with Gasteiger partial charge in [0.05, 0.1) is 16.7 Å². The van der Waals surface area contributed by atoms with E-state index in [-0.39, 0.29) is 0 Å². The predicted molar refractivity (Wildman–Crippen MR) is 211 cm³/mol. The summed E-state index contributed by atoms with van der Waals surface area (Å²) < 4.78 is 5.14. The van der Waals surface area contributed by atoms with Crippen molar-refractivity contribution in [1.29, 1.82) is 0 Å². The fourth-order valence-electron chi connectivity index (χ4n) is 7.55. The number of rotatable bonds is 5. The first-order valence-corrected chi connectivity index (χ1v) is 17.5. The lowest BCUT2D eigenvalue weighted by molar-refractivity contribution is 1.19. The number of thiophene rings is 1. The van der Waals surface area contributed by atoms with E-state index < -0.39 is 0 Å². The average Bonchev–Trinajstić information content (AvgIpc) is 3.72. The second-order valence-corrected chi connectivity index (χ2v) is 13.6. The van der Waals surface area contributed by atoms with Crippen LogP contribution in [0.1, 0.15) is 0 Å². The van der Waals surface area contributed by atoms with Crippen LogP contribution in [-0.4, -0.2) is 4.57 Å². The smallest absolute Gasteiger partial charge is 0.0640 e. The van der Waals surface area contributed by atoms with Gasteiger partial charge < -0.3 is 9.47 Å². The summed E-state index contributed by atoms with van der Waals surface area (Å²) >= 11 is 1.86. The Labute approximate surface area is 288 Å². The summed E-state index contributed by atoms with van der Waals surface area (Å²) in [6.45, 7) is 0. The summed E-state index contributed by atoms with van der Waals surface area (Å²) in [6.07, 6.45) is 0. The first kappa shape index (κ1) is 27.9. The molecule has 0 aliphatic rings. The van der Waals surface area contributed by atoms with E-state index in [0.29, 0.717) is 0 Å². The van der Waals surface area contributed by atoms with Crippen molar-refractivity contribution in [2.24, 2.45) is 0 Å². The summed E-state index contributed by atoms with van der Waals surface area (Å²) in [5.74, 6) is 0. The van der Waals surface area contributed by atoms with E-state index in [0.717, 1.165) is 22.7 Å². The molecule has 230 valence electrons. The second-order valence-electron chi connectivity index (χ2n) is 12.6. The minimum atomic E-state index is 1.12. The largest absolute Gasteiger partial charge is 0.310 e. The molecule has 2 nitrogen and oxygen atoms in total. The number of hydrogen-bond donors (Lipinski definition) is 0. The number of para-hydroxylation sites is 2. The minimum absolute atomic E-state index is 1.12. The maximum atomic E-state index is 2.52. The average molecular weight is 643 g/mol. The van der Waals surface area contributed by atoms with Crippen molar-refractivity contribution in [2.45, 2.75) is 0 Å². The van der Waals surface area contributed by atoms with Crippen molar-refractivity contribution in [3.05, 3.63) is 182 Å². The normalized spacial score (nSPS) is 11.7. The van der Waals surface area contributed by atoms with Gasteiger partial charge in [-0.1, -0.05) is 121 Å². The van der Waals surface area contributed by atoms with Gasteiger partial charge in [-0.2, -0.15) is 0 Å². The molecule has 10 rings (SSSR count). The Kier molecular flexibility index (Phi) is 6.39. The topological polar surface area (TPSA) is 8.17 Å². The molecule has 0 aliphatic heterocycles. The van der Waals surface area contributed by atoms with E-state index in [1.165, 1.54) is 63.9 Å². The molecule has 0 saturated heterocycles. The van der Waals surface area contributed by atoms with Crippen molar-refractivity contribution in [3.8, 4) is 16.8 Å². The Balaban J connectivity index is 1.38. The van der Waals surface area contributed by atoms with Gasteiger partial charge in [0.25, 0.3) is 0 Å². The van der Waals surface area contributed by atoms with Gasteiger partial charge in [-0.25, -0.2) is 0 Å². The van der Waals surface area contributed by atoms with Gasteiger partial charge in [-0.05, 0) is 77.2 Å². The molecule has 0 saturated carbocycles. The Morgan fingerprint density at radius 2 is 1.06 bits per heavy atom. The van der Waals surface area contributed by atoms with Crippen LogP contribution in [0.4, 0.5) is 17.1 Å². The molecule has 0 aliphatic carbocycles. The molecule has 2 heterocycles. The number of fused-ring (bicyclic) bond motifs is 8. The molecule has 0 unspecified atom stereocenters. The van der Waals surface area contributed by atoms with Gasteiger partial charge in [-0.15, -0.1) is 11.3 Å². The van der Waals surface area contributed by atoms with Crippen LogP contribution in [0.15, 0.2) is 182 Å². The third kappa shape index (κ3) is 4.47. The lowest BCUT2D eigenvalue weighted by Crippen LogP contribution is -2.10. The van der Waals surface area contributed by atoms with Crippen LogP contribution < -0.4 is 4.90 Å². The number of aromatic nitrogens is 1. The van der Waals surface area contributed by atoms with Crippen LogP contribution in [0.5, 0.6) is 0 Å². The standard InChI is InChI=1S/C46H30N2S/c1-4-14-31(15-5-1)32-24-26-39-41(28-32)48(36-25-27-44-40(30-36)38-22-12-13-23-43(38)49-44)46-37-21-11-10-16-33(37)29-42(45(39)46)47(34-17-6-2-7-18-34)35-19-8-3-9-20-35/h1-30H. The lowest BCUT2D eigenvalue weighted by atomic mass is 10.00. The number of anilines is 3. The van der Waals surface area contributed by atoms with E-state index in [2.05, 4.69) is 191 Å². The highest BCUT2D eigenvalue weighted by Gasteiger charge is 2.24. The van der Waals surface area contributed by atoms with E-state index >= 15 is 0 Å². The number of hydrogen-bond acceptors (Lipinski definition) is 2. The highest BCUT2D eigenvalue weighted by molar-refractivity contribution is 7.25. The zero-order valence-corrected chi connectivity index (χ0v) is 27.4. The SMILES string of the molecule is c1ccc(-c2ccc3c4c(N(c5ccccc5)c5ccccc5)cc5ccccc5c4n(-c4ccc5sc6ccccc6c5c4)c3c2)cc1. The van der Waals surface area contributed by atoms with Crippen LogP contribution in [0, 0.1) is 0 Å². The van der Waals surface area contributed by atoms with E-state index in [1.54, 1.807) is 0 Å². The second kappa shape index (κ2) is 11.2. The highest BCUT2D eigenvalue weighted by atomic mass is 32.1. The van der Waals surface area contributed by atoms with Crippen molar-refractivity contribution in [3.63, 3.8) is 0 Å². The van der Waals surface area contributed by atoms with E-state index in [1.807, 2.05) is 11.3 Å². The van der Waals surface area contributed by atoms with Crippen LogP contribution in [0.3, 0.4) is 0 Å². The third-order valence-corrected chi connectivity index (χ3v) is 10.9. The van der Waals surface area contributed by atoms with Gasteiger partial charge in [0.1, 0.15) is 0 Å². The first-order valence-electron chi connectivity index (χ1n) is 16.7. The molecule has 2 aromatic heterocycles. The highest BCUT2D eigenvalue weighted by Crippen LogP contribution is 2.48. The Bertz CT molecular complexity index is 2770. The fraction of sp³-hybridized carbons (Fsp3) is 0. The molecule has 0 atom stereocenters. The number of benzene rings is 8. The Morgan fingerprint density at radius 1 is 0.429 bits per heavy atom. The quantitative estimate of drug-likeness (QED) is 0.181. The van der Waals surface area contributed by atoms with Crippen molar-refractivity contribution >= 4 is 81.1 Å². The summed E-state index contributed by atoms with van der Waals surface area (Å²) in [4.78, 5) is 2.42. The number of nitrogens with zero attached hydrogens (tertiary/aromatic N) is 2. The molecular weight excluding hydrogens is 613 g/mol. The molecule has 0 spiro atoms. The van der Waals surface area contributed by atoms with Crippen LogP contribution in [-0.2, 0) is 0 Å². The Hall–Kier alpha value is -6.16. The fourth-order valence-corrected chi connectivity index (χ4v) is 8.64. The molecule has 0 radical (unpaired) electrons. The summed E-state index contributed by atoms with van der Waals surface area (Å²) in [7, 11) is 0. The molecule has 0 fully saturated rings. The lowest BCUT2D eigenvalue weighted by Gasteiger charge is -2.27. The summed E-state index contributed by atoms with van der Waals surface area (Å²) in [5.41, 5.74) is 9.38. The van der Waals surface area contributed by atoms with Gasteiger partial charge in [0.2, 0.25) is 0 Å². The van der Waals surface area contributed by atoms with Crippen molar-refractivity contribution in [2.75, 3.05) is 4.90 Å². The minimum Gasteiger partial charge on any atom is -0.310 e. The molecule has 3 heteroatoms. The monoisotopic (exact) mass is 642 g/mol. The van der Waals surface area contributed by atoms with Crippen molar-refractivity contribution < 1.29 is 0 Å². The summed E-state index contributed by atoms with van der Waals surface area (Å²) in [6, 6.07) is 66.2. The maximum absolute atomic E-state index is 2.52. The van der Waals surface area contributed by atoms with Crippen LogP contribution >= 0.6 is 11.3 Å². The summed E-state index contributed by atoms with van der Waals surface area (Å²) in [5, 5.41) is 7.49. The third-order valence-electron chi connectivity index (χ3n) is 9.73. The molecule has 0 N–H and O–H groups in total. The van der Waals surface area contributed by atoms with Gasteiger partial charge in [0, 0.05) is 53.4 Å². The van der Waals surface area contributed by atoms with Gasteiger partial charge in [-0.3, -0.25) is 0 Å². The molecular formula is C46H30N2S. The molecule has 0 bridgehead atoms.